The highest BCUT2D eigenvalue weighted by molar-refractivity contribution is 5.20. The minimum atomic E-state index is -0.159. The first kappa shape index (κ1) is 13.5. The van der Waals surface area contributed by atoms with E-state index < -0.39 is 0 Å². The lowest BCUT2D eigenvalue weighted by molar-refractivity contribution is 0.218. The molecule has 0 aliphatic carbocycles. The Balaban J connectivity index is 2.00. The van der Waals surface area contributed by atoms with Crippen molar-refractivity contribution in [1.82, 2.24) is 10.2 Å². The fourth-order valence-electron chi connectivity index (χ4n) is 2.87. The van der Waals surface area contributed by atoms with Crippen molar-refractivity contribution < 1.29 is 4.39 Å². The molecule has 0 aromatic heterocycles. The first-order chi connectivity index (χ1) is 8.70. The lowest BCUT2D eigenvalue weighted by atomic mass is 10.0. The van der Waals surface area contributed by atoms with Crippen LogP contribution in [-0.4, -0.2) is 31.1 Å². The monoisotopic (exact) mass is 250 g/mol. The summed E-state index contributed by atoms with van der Waals surface area (Å²) in [5.41, 5.74) is 1.21. The topological polar surface area (TPSA) is 15.3 Å². The van der Waals surface area contributed by atoms with Crippen LogP contribution in [-0.2, 0) is 0 Å². The highest BCUT2D eigenvalue weighted by atomic mass is 19.1. The molecule has 1 aromatic rings. The fraction of sp³-hybridized carbons (Fsp3) is 0.600. The SMILES string of the molecule is CCC(c1ccc(F)cc1)N(C)CC1CCCN1. The number of likely N-dealkylation sites (N-methyl/N-ethyl adjacent to an activating group) is 1. The molecule has 2 unspecified atom stereocenters. The Morgan fingerprint density at radius 3 is 2.67 bits per heavy atom. The molecule has 0 radical (unpaired) electrons. The molecular formula is C15H23FN2. The van der Waals surface area contributed by atoms with Crippen LogP contribution < -0.4 is 5.32 Å². The fourth-order valence-corrected chi connectivity index (χ4v) is 2.87. The van der Waals surface area contributed by atoms with E-state index in [9.17, 15) is 4.39 Å². The van der Waals surface area contributed by atoms with Crippen molar-refractivity contribution in [3.8, 4) is 0 Å². The van der Waals surface area contributed by atoms with Gasteiger partial charge in [-0.2, -0.15) is 0 Å². The van der Waals surface area contributed by atoms with Crippen molar-refractivity contribution in [2.45, 2.75) is 38.3 Å². The molecule has 2 nitrogen and oxygen atoms in total. The third-order valence-electron chi connectivity index (χ3n) is 3.84. The number of halogens is 1. The van der Waals surface area contributed by atoms with Crippen molar-refractivity contribution in [1.29, 1.82) is 0 Å². The van der Waals surface area contributed by atoms with Crippen LogP contribution in [0.4, 0.5) is 4.39 Å². The summed E-state index contributed by atoms with van der Waals surface area (Å²) in [7, 11) is 2.16. The molecule has 0 spiro atoms. The van der Waals surface area contributed by atoms with Crippen molar-refractivity contribution >= 4 is 0 Å². The van der Waals surface area contributed by atoms with E-state index in [0.717, 1.165) is 19.5 Å². The molecular weight excluding hydrogens is 227 g/mol. The highest BCUT2D eigenvalue weighted by Gasteiger charge is 2.21. The number of benzene rings is 1. The van der Waals surface area contributed by atoms with Crippen molar-refractivity contribution in [2.75, 3.05) is 20.1 Å². The number of nitrogens with one attached hydrogen (secondary N) is 1. The molecule has 1 fully saturated rings. The lowest BCUT2D eigenvalue weighted by Crippen LogP contribution is -2.37. The molecule has 2 rings (SSSR count). The van der Waals surface area contributed by atoms with E-state index in [2.05, 4.69) is 24.2 Å². The quantitative estimate of drug-likeness (QED) is 0.864. The Kier molecular flexibility index (Phi) is 4.72. The van der Waals surface area contributed by atoms with E-state index in [-0.39, 0.29) is 5.82 Å². The molecule has 1 aromatic carbocycles. The number of rotatable bonds is 5. The molecule has 1 heterocycles. The Morgan fingerprint density at radius 1 is 1.39 bits per heavy atom. The number of nitrogens with zero attached hydrogens (tertiary/aromatic N) is 1. The molecule has 0 amide bonds. The largest absolute Gasteiger partial charge is 0.313 e. The second kappa shape index (κ2) is 6.30. The number of hydrogen-bond acceptors (Lipinski definition) is 2. The van der Waals surface area contributed by atoms with Crippen LogP contribution in [0, 0.1) is 5.82 Å². The van der Waals surface area contributed by atoms with Gasteiger partial charge in [0.05, 0.1) is 0 Å². The second-order valence-electron chi connectivity index (χ2n) is 5.21. The van der Waals surface area contributed by atoms with Crippen LogP contribution in [0.2, 0.25) is 0 Å². The molecule has 2 atom stereocenters. The average Bonchev–Trinajstić information content (AvgIpc) is 2.85. The van der Waals surface area contributed by atoms with E-state index in [1.165, 1.54) is 18.4 Å². The van der Waals surface area contributed by atoms with Gasteiger partial charge in [0.25, 0.3) is 0 Å². The predicted molar refractivity (Wildman–Crippen MR) is 73.1 cm³/mol. The molecule has 1 aliphatic heterocycles. The Labute approximate surface area is 109 Å². The molecule has 1 aliphatic rings. The third kappa shape index (κ3) is 3.30. The van der Waals surface area contributed by atoms with Gasteiger partial charge in [-0.15, -0.1) is 0 Å². The van der Waals surface area contributed by atoms with Gasteiger partial charge in [0.1, 0.15) is 5.82 Å². The van der Waals surface area contributed by atoms with Gasteiger partial charge in [-0.05, 0) is 50.6 Å². The van der Waals surface area contributed by atoms with Gasteiger partial charge in [0.15, 0.2) is 0 Å². The summed E-state index contributed by atoms with van der Waals surface area (Å²) in [6.45, 7) is 4.40. The molecule has 1 N–H and O–H groups in total. The van der Waals surface area contributed by atoms with Gasteiger partial charge >= 0.3 is 0 Å². The standard InChI is InChI=1S/C15H23FN2/c1-3-15(12-6-8-13(16)9-7-12)18(2)11-14-5-4-10-17-14/h6-9,14-15,17H,3-5,10-11H2,1-2H3. The summed E-state index contributed by atoms with van der Waals surface area (Å²) >= 11 is 0. The minimum absolute atomic E-state index is 0.159. The van der Waals surface area contributed by atoms with Gasteiger partial charge in [-0.3, -0.25) is 4.90 Å². The Morgan fingerprint density at radius 2 is 2.11 bits per heavy atom. The first-order valence-corrected chi connectivity index (χ1v) is 6.89. The van der Waals surface area contributed by atoms with Crippen LogP contribution in [0.3, 0.4) is 0 Å². The summed E-state index contributed by atoms with van der Waals surface area (Å²) in [6.07, 6.45) is 3.60. The summed E-state index contributed by atoms with van der Waals surface area (Å²) in [5, 5.41) is 3.53. The normalized spacial score (nSPS) is 21.4. The summed E-state index contributed by atoms with van der Waals surface area (Å²) in [6, 6.07) is 7.92. The lowest BCUT2D eigenvalue weighted by Gasteiger charge is -2.30. The molecule has 0 saturated carbocycles. The average molecular weight is 250 g/mol. The van der Waals surface area contributed by atoms with Gasteiger partial charge in [-0.1, -0.05) is 19.1 Å². The number of hydrogen-bond donors (Lipinski definition) is 1. The van der Waals surface area contributed by atoms with E-state index in [1.807, 2.05) is 12.1 Å². The maximum Gasteiger partial charge on any atom is 0.123 e. The van der Waals surface area contributed by atoms with Crippen LogP contribution in [0.25, 0.3) is 0 Å². The smallest absolute Gasteiger partial charge is 0.123 e. The Bertz CT molecular complexity index is 357. The van der Waals surface area contributed by atoms with Gasteiger partial charge in [0, 0.05) is 18.6 Å². The maximum absolute atomic E-state index is 13.0. The highest BCUT2D eigenvalue weighted by Crippen LogP contribution is 2.24. The zero-order valence-electron chi connectivity index (χ0n) is 11.3. The van der Waals surface area contributed by atoms with Crippen molar-refractivity contribution in [3.63, 3.8) is 0 Å². The summed E-state index contributed by atoms with van der Waals surface area (Å²) < 4.78 is 13.0. The van der Waals surface area contributed by atoms with Crippen LogP contribution in [0.1, 0.15) is 37.8 Å². The molecule has 3 heteroatoms. The van der Waals surface area contributed by atoms with E-state index in [4.69, 9.17) is 0 Å². The molecule has 100 valence electrons. The first-order valence-electron chi connectivity index (χ1n) is 6.89. The zero-order valence-corrected chi connectivity index (χ0v) is 11.3. The second-order valence-corrected chi connectivity index (χ2v) is 5.21. The van der Waals surface area contributed by atoms with Crippen molar-refractivity contribution in [2.24, 2.45) is 0 Å². The van der Waals surface area contributed by atoms with Crippen LogP contribution >= 0.6 is 0 Å². The van der Waals surface area contributed by atoms with E-state index in [0.29, 0.717) is 12.1 Å². The predicted octanol–water partition coefficient (Wildman–Crippen LogP) is 2.96. The van der Waals surface area contributed by atoms with E-state index in [1.54, 1.807) is 12.1 Å². The van der Waals surface area contributed by atoms with E-state index >= 15 is 0 Å². The van der Waals surface area contributed by atoms with Gasteiger partial charge in [-0.25, -0.2) is 4.39 Å². The minimum Gasteiger partial charge on any atom is -0.313 e. The van der Waals surface area contributed by atoms with Gasteiger partial charge in [0.2, 0.25) is 0 Å². The molecule has 18 heavy (non-hydrogen) atoms. The molecule has 0 bridgehead atoms. The van der Waals surface area contributed by atoms with Gasteiger partial charge < -0.3 is 5.32 Å². The Hall–Kier alpha value is -0.930. The third-order valence-corrected chi connectivity index (χ3v) is 3.84. The molecule has 1 saturated heterocycles. The van der Waals surface area contributed by atoms with Crippen molar-refractivity contribution in [3.05, 3.63) is 35.6 Å². The summed E-state index contributed by atoms with van der Waals surface area (Å²) in [4.78, 5) is 2.39. The maximum atomic E-state index is 13.0. The zero-order chi connectivity index (χ0) is 13.0. The van der Waals surface area contributed by atoms with Crippen LogP contribution in [0.15, 0.2) is 24.3 Å². The van der Waals surface area contributed by atoms with Crippen LogP contribution in [0.5, 0.6) is 0 Å². The summed E-state index contributed by atoms with van der Waals surface area (Å²) in [5.74, 6) is -0.159.